The van der Waals surface area contributed by atoms with Crippen LogP contribution in [0.25, 0.3) is 0 Å². The standard InChI is InChI=1S/C4H10O2.H2O3Se/c1-3(5)4(2)6;1-4(2)3/h3-6H,1-2H3;(H2,1,2,3). The average molecular weight is 219 g/mol. The zero-order chi connectivity index (χ0) is 8.73. The molecule has 0 aromatic rings. The van der Waals surface area contributed by atoms with Crippen LogP contribution in [-0.2, 0) is 3.83 Å². The Kier molecular flexibility index (Phi) is 9.31. The molecule has 0 saturated heterocycles. The summed E-state index contributed by atoms with van der Waals surface area (Å²) in [5.41, 5.74) is 0. The molecule has 64 valence electrons. The number of rotatable bonds is 1. The van der Waals surface area contributed by atoms with Crippen molar-refractivity contribution in [2.24, 2.45) is 0 Å². The van der Waals surface area contributed by atoms with Crippen molar-refractivity contribution in [1.29, 1.82) is 0 Å². The molecule has 10 heavy (non-hydrogen) atoms. The summed E-state index contributed by atoms with van der Waals surface area (Å²) in [5.74, 6) is 0. The number of aliphatic hydroxyl groups excluding tert-OH is 2. The van der Waals surface area contributed by atoms with Gasteiger partial charge in [-0.25, -0.2) is 0 Å². The third-order valence-electron chi connectivity index (χ3n) is 0.698. The van der Waals surface area contributed by atoms with Crippen LogP contribution in [0.5, 0.6) is 0 Å². The Morgan fingerprint density at radius 2 is 1.20 bits per heavy atom. The second-order valence-electron chi connectivity index (χ2n) is 1.71. The fourth-order valence-electron chi connectivity index (χ4n) is 0. The average Bonchev–Trinajstić information content (AvgIpc) is 1.63. The Labute approximate surface area is 63.7 Å². The van der Waals surface area contributed by atoms with Crippen LogP contribution in [0.4, 0.5) is 0 Å². The van der Waals surface area contributed by atoms with Crippen LogP contribution in [0.2, 0.25) is 0 Å². The van der Waals surface area contributed by atoms with E-state index < -0.39 is 26.7 Å². The van der Waals surface area contributed by atoms with E-state index in [2.05, 4.69) is 0 Å². The van der Waals surface area contributed by atoms with Gasteiger partial charge in [0, 0.05) is 0 Å². The summed E-state index contributed by atoms with van der Waals surface area (Å²) in [4.78, 5) is 0. The molecule has 0 rings (SSSR count). The first-order chi connectivity index (χ1) is 4.37. The Bertz CT molecular complexity index is 81.6. The first kappa shape index (κ1) is 12.8. The first-order valence-electron chi connectivity index (χ1n) is 2.54. The molecular formula is C4H12O5Se. The fraction of sp³-hybridized carbons (Fsp3) is 1.00. The summed E-state index contributed by atoms with van der Waals surface area (Å²) in [6.07, 6.45) is -1.19. The number of hydrogen-bond acceptors (Lipinski definition) is 3. The van der Waals surface area contributed by atoms with E-state index in [9.17, 15) is 0 Å². The van der Waals surface area contributed by atoms with Gasteiger partial charge in [-0.3, -0.25) is 0 Å². The van der Waals surface area contributed by atoms with Crippen LogP contribution in [-0.4, -0.2) is 45.3 Å². The third kappa shape index (κ3) is 24.2. The van der Waals surface area contributed by atoms with Gasteiger partial charge in [0.15, 0.2) is 0 Å². The van der Waals surface area contributed by atoms with E-state index in [1.165, 1.54) is 0 Å². The van der Waals surface area contributed by atoms with E-state index in [0.717, 1.165) is 0 Å². The molecule has 2 unspecified atom stereocenters. The van der Waals surface area contributed by atoms with Gasteiger partial charge in [-0.1, -0.05) is 0 Å². The monoisotopic (exact) mass is 220 g/mol. The van der Waals surface area contributed by atoms with Crippen molar-refractivity contribution in [3.8, 4) is 0 Å². The predicted molar refractivity (Wildman–Crippen MR) is 34.2 cm³/mol. The molecule has 0 saturated carbocycles. The molecule has 0 aromatic heterocycles. The van der Waals surface area contributed by atoms with E-state index in [1.807, 2.05) is 0 Å². The van der Waals surface area contributed by atoms with Crippen molar-refractivity contribution in [2.75, 3.05) is 0 Å². The zero-order valence-corrected chi connectivity index (χ0v) is 7.47. The molecule has 0 bridgehead atoms. The van der Waals surface area contributed by atoms with Gasteiger partial charge in [0.2, 0.25) is 0 Å². The van der Waals surface area contributed by atoms with Crippen molar-refractivity contribution in [3.05, 3.63) is 0 Å². The van der Waals surface area contributed by atoms with Gasteiger partial charge in [-0.15, -0.1) is 0 Å². The first-order valence-corrected chi connectivity index (χ1v) is 4.77. The van der Waals surface area contributed by atoms with Crippen molar-refractivity contribution in [1.82, 2.24) is 0 Å². The van der Waals surface area contributed by atoms with Crippen LogP contribution in [0.1, 0.15) is 13.8 Å². The van der Waals surface area contributed by atoms with Crippen LogP contribution >= 0.6 is 0 Å². The summed E-state index contributed by atoms with van der Waals surface area (Å²) in [7, 11) is 0. The third-order valence-corrected chi connectivity index (χ3v) is 0.698. The molecule has 0 radical (unpaired) electrons. The molecule has 6 heteroatoms. The molecule has 0 heterocycles. The second kappa shape index (κ2) is 7.27. The maximum absolute atomic E-state index is 8.76. The summed E-state index contributed by atoms with van der Waals surface area (Å²) in [6, 6.07) is 0. The molecule has 0 spiro atoms. The molecule has 0 amide bonds. The topological polar surface area (TPSA) is 98.0 Å². The van der Waals surface area contributed by atoms with Gasteiger partial charge in [0.25, 0.3) is 0 Å². The van der Waals surface area contributed by atoms with Crippen LogP contribution in [0.3, 0.4) is 0 Å². The minimum atomic E-state index is -3.29. The Balaban J connectivity index is 0. The van der Waals surface area contributed by atoms with Crippen molar-refractivity contribution in [2.45, 2.75) is 26.1 Å². The molecule has 0 aliphatic carbocycles. The van der Waals surface area contributed by atoms with E-state index >= 15 is 0 Å². The summed E-state index contributed by atoms with van der Waals surface area (Å²) in [5, 5.41) is 16.8. The zero-order valence-electron chi connectivity index (χ0n) is 5.76. The summed E-state index contributed by atoms with van der Waals surface area (Å²) < 4.78 is 23.1. The van der Waals surface area contributed by atoms with E-state index in [-0.39, 0.29) is 0 Å². The fourth-order valence-corrected chi connectivity index (χ4v) is 0. The van der Waals surface area contributed by atoms with Crippen LogP contribution < -0.4 is 0 Å². The summed E-state index contributed by atoms with van der Waals surface area (Å²) in [6.45, 7) is 3.09. The van der Waals surface area contributed by atoms with Crippen molar-refractivity contribution < 1.29 is 22.4 Å². The molecule has 0 fully saturated rings. The predicted octanol–water partition coefficient (Wildman–Crippen LogP) is -1.87. The van der Waals surface area contributed by atoms with Crippen LogP contribution in [0, 0.1) is 0 Å². The van der Waals surface area contributed by atoms with Gasteiger partial charge in [0.05, 0.1) is 12.2 Å². The van der Waals surface area contributed by atoms with Gasteiger partial charge in [-0.2, -0.15) is 0 Å². The molecule has 0 aromatic carbocycles. The Morgan fingerprint density at radius 3 is 1.20 bits per heavy atom. The van der Waals surface area contributed by atoms with E-state index in [0.29, 0.717) is 0 Å². The molecule has 4 N–H and O–H groups in total. The Morgan fingerprint density at radius 1 is 1.10 bits per heavy atom. The molecule has 0 aliphatic heterocycles. The van der Waals surface area contributed by atoms with E-state index in [1.54, 1.807) is 13.8 Å². The molecular weight excluding hydrogens is 207 g/mol. The maximum atomic E-state index is 8.76. The van der Waals surface area contributed by atoms with Gasteiger partial charge in [-0.05, 0) is 13.8 Å². The quantitative estimate of drug-likeness (QED) is 0.387. The Hall–Kier alpha value is 0.159. The molecule has 5 nitrogen and oxygen atoms in total. The molecule has 2 atom stereocenters. The normalized spacial score (nSPS) is 15.5. The minimum absolute atomic E-state index is 0.593. The number of hydrogen-bond donors (Lipinski definition) is 4. The van der Waals surface area contributed by atoms with Crippen molar-refractivity contribution in [3.63, 3.8) is 0 Å². The van der Waals surface area contributed by atoms with Gasteiger partial charge in [0.1, 0.15) is 0 Å². The van der Waals surface area contributed by atoms with Crippen molar-refractivity contribution >= 4 is 14.5 Å². The summed E-state index contributed by atoms with van der Waals surface area (Å²) >= 11 is -3.29. The van der Waals surface area contributed by atoms with Gasteiger partial charge < -0.3 is 10.2 Å². The van der Waals surface area contributed by atoms with Crippen LogP contribution in [0.15, 0.2) is 0 Å². The SMILES string of the molecule is CC(O)C(C)O.O=[Se](O)O. The van der Waals surface area contributed by atoms with Gasteiger partial charge >= 0.3 is 26.7 Å². The molecule has 0 aliphatic rings. The van der Waals surface area contributed by atoms with E-state index in [4.69, 9.17) is 22.4 Å². The second-order valence-corrected chi connectivity index (χ2v) is 2.68. The number of aliphatic hydroxyl groups is 2.